The van der Waals surface area contributed by atoms with Crippen LogP contribution in [0.2, 0.25) is 5.02 Å². The second kappa shape index (κ2) is 9.07. The SMILES string of the molecule is O=C(CC(O)c1ccc(Cl)cc1)NCCCNc1ncccn1. The van der Waals surface area contributed by atoms with Crippen LogP contribution >= 0.6 is 11.6 Å². The van der Waals surface area contributed by atoms with Gasteiger partial charge in [-0.05, 0) is 30.2 Å². The van der Waals surface area contributed by atoms with Gasteiger partial charge in [0.2, 0.25) is 11.9 Å². The van der Waals surface area contributed by atoms with Crippen LogP contribution in [-0.2, 0) is 4.79 Å². The Bertz CT molecular complexity index is 607. The number of benzene rings is 1. The molecule has 1 aromatic heterocycles. The summed E-state index contributed by atoms with van der Waals surface area (Å²) in [5.74, 6) is 0.375. The summed E-state index contributed by atoms with van der Waals surface area (Å²) in [6, 6.07) is 8.55. The maximum atomic E-state index is 11.8. The molecule has 0 saturated carbocycles. The number of nitrogens with zero attached hydrogens (tertiary/aromatic N) is 2. The second-order valence-electron chi connectivity index (χ2n) is 4.97. The first-order chi connectivity index (χ1) is 11.1. The number of carbonyl (C=O) groups is 1. The molecule has 2 rings (SSSR count). The Balaban J connectivity index is 1.62. The van der Waals surface area contributed by atoms with E-state index in [4.69, 9.17) is 11.6 Å². The molecule has 1 amide bonds. The van der Waals surface area contributed by atoms with Gasteiger partial charge in [0.1, 0.15) is 0 Å². The molecule has 1 aromatic carbocycles. The highest BCUT2D eigenvalue weighted by Crippen LogP contribution is 2.18. The van der Waals surface area contributed by atoms with Crippen LogP contribution in [0, 0.1) is 0 Å². The number of rotatable bonds is 8. The van der Waals surface area contributed by atoms with E-state index in [1.807, 2.05) is 0 Å². The smallest absolute Gasteiger partial charge is 0.222 e. The molecule has 1 heterocycles. The predicted molar refractivity (Wildman–Crippen MR) is 89.2 cm³/mol. The van der Waals surface area contributed by atoms with Gasteiger partial charge >= 0.3 is 0 Å². The van der Waals surface area contributed by atoms with E-state index in [1.165, 1.54) is 0 Å². The third-order valence-corrected chi connectivity index (χ3v) is 3.41. The van der Waals surface area contributed by atoms with Crippen molar-refractivity contribution in [3.05, 3.63) is 53.3 Å². The van der Waals surface area contributed by atoms with Gasteiger partial charge in [-0.3, -0.25) is 4.79 Å². The molecule has 3 N–H and O–H groups in total. The van der Waals surface area contributed by atoms with Crippen molar-refractivity contribution in [2.75, 3.05) is 18.4 Å². The molecule has 2 aromatic rings. The molecular weight excluding hydrogens is 316 g/mol. The topological polar surface area (TPSA) is 87.1 Å². The minimum atomic E-state index is -0.830. The van der Waals surface area contributed by atoms with Crippen molar-refractivity contribution in [3.8, 4) is 0 Å². The Kier molecular flexibility index (Phi) is 6.77. The molecular formula is C16H19ClN4O2. The zero-order valence-corrected chi connectivity index (χ0v) is 13.3. The number of halogens is 1. The number of anilines is 1. The summed E-state index contributed by atoms with van der Waals surface area (Å²) in [6.45, 7) is 1.18. The van der Waals surface area contributed by atoms with E-state index in [2.05, 4.69) is 20.6 Å². The molecule has 0 spiro atoms. The standard InChI is InChI=1S/C16H19ClN4O2/c17-13-5-3-12(4-6-13)14(22)11-15(23)18-7-1-8-19-16-20-9-2-10-21-16/h2-6,9-10,14,22H,1,7-8,11H2,(H,18,23)(H,19,20,21). The van der Waals surface area contributed by atoms with Crippen molar-refractivity contribution >= 4 is 23.5 Å². The van der Waals surface area contributed by atoms with Crippen LogP contribution in [0.5, 0.6) is 0 Å². The molecule has 0 aliphatic carbocycles. The summed E-state index contributed by atoms with van der Waals surface area (Å²) < 4.78 is 0. The van der Waals surface area contributed by atoms with Crippen LogP contribution in [0.15, 0.2) is 42.7 Å². The molecule has 7 heteroatoms. The molecule has 0 bridgehead atoms. The molecule has 1 atom stereocenters. The van der Waals surface area contributed by atoms with Gasteiger partial charge in [-0.2, -0.15) is 0 Å². The van der Waals surface area contributed by atoms with Crippen LogP contribution in [-0.4, -0.2) is 34.1 Å². The molecule has 0 fully saturated rings. The lowest BCUT2D eigenvalue weighted by atomic mass is 10.1. The summed E-state index contributed by atoms with van der Waals surface area (Å²) in [6.07, 6.45) is 3.26. The largest absolute Gasteiger partial charge is 0.388 e. The first-order valence-electron chi connectivity index (χ1n) is 7.36. The first-order valence-corrected chi connectivity index (χ1v) is 7.74. The Hall–Kier alpha value is -2.18. The lowest BCUT2D eigenvalue weighted by Crippen LogP contribution is -2.27. The van der Waals surface area contributed by atoms with Crippen molar-refractivity contribution < 1.29 is 9.90 Å². The zero-order valence-electron chi connectivity index (χ0n) is 12.6. The number of carbonyl (C=O) groups excluding carboxylic acids is 1. The predicted octanol–water partition coefficient (Wildman–Crippen LogP) is 2.17. The highest BCUT2D eigenvalue weighted by molar-refractivity contribution is 6.30. The van der Waals surface area contributed by atoms with Gasteiger partial charge in [0.15, 0.2) is 0 Å². The van der Waals surface area contributed by atoms with E-state index in [9.17, 15) is 9.90 Å². The lowest BCUT2D eigenvalue weighted by molar-refractivity contribution is -0.123. The molecule has 0 saturated heterocycles. The molecule has 122 valence electrons. The maximum Gasteiger partial charge on any atom is 0.222 e. The molecule has 23 heavy (non-hydrogen) atoms. The molecule has 0 aliphatic heterocycles. The number of nitrogens with one attached hydrogen (secondary N) is 2. The third-order valence-electron chi connectivity index (χ3n) is 3.16. The van der Waals surface area contributed by atoms with Crippen LogP contribution < -0.4 is 10.6 Å². The van der Waals surface area contributed by atoms with Gasteiger partial charge < -0.3 is 15.7 Å². The quantitative estimate of drug-likeness (QED) is 0.644. The Labute approximate surface area is 139 Å². The summed E-state index contributed by atoms with van der Waals surface area (Å²) in [5.41, 5.74) is 0.674. The highest BCUT2D eigenvalue weighted by Gasteiger charge is 2.12. The zero-order chi connectivity index (χ0) is 16.5. The van der Waals surface area contributed by atoms with Crippen LogP contribution in [0.25, 0.3) is 0 Å². The van der Waals surface area contributed by atoms with Crippen LogP contribution in [0.4, 0.5) is 5.95 Å². The highest BCUT2D eigenvalue weighted by atomic mass is 35.5. The number of aliphatic hydroxyl groups is 1. The Morgan fingerprint density at radius 1 is 1.17 bits per heavy atom. The van der Waals surface area contributed by atoms with E-state index in [0.29, 0.717) is 29.6 Å². The molecule has 0 radical (unpaired) electrons. The van der Waals surface area contributed by atoms with Crippen molar-refractivity contribution in [1.29, 1.82) is 0 Å². The van der Waals surface area contributed by atoms with Crippen molar-refractivity contribution in [2.45, 2.75) is 18.9 Å². The fourth-order valence-electron chi connectivity index (χ4n) is 1.96. The Morgan fingerprint density at radius 2 is 1.87 bits per heavy atom. The summed E-state index contributed by atoms with van der Waals surface area (Å²) in [7, 11) is 0. The molecule has 0 aliphatic rings. The number of aliphatic hydroxyl groups excluding tert-OH is 1. The third kappa shape index (κ3) is 6.22. The second-order valence-corrected chi connectivity index (χ2v) is 5.41. The van der Waals surface area contributed by atoms with E-state index < -0.39 is 6.10 Å². The van der Waals surface area contributed by atoms with Gasteiger partial charge in [-0.15, -0.1) is 0 Å². The fourth-order valence-corrected chi connectivity index (χ4v) is 2.08. The fraction of sp³-hybridized carbons (Fsp3) is 0.312. The minimum Gasteiger partial charge on any atom is -0.388 e. The van der Waals surface area contributed by atoms with Gasteiger partial charge in [0, 0.05) is 30.5 Å². The number of amides is 1. The van der Waals surface area contributed by atoms with E-state index >= 15 is 0 Å². The lowest BCUT2D eigenvalue weighted by Gasteiger charge is -2.11. The number of hydrogen-bond donors (Lipinski definition) is 3. The monoisotopic (exact) mass is 334 g/mol. The van der Waals surface area contributed by atoms with Crippen LogP contribution in [0.1, 0.15) is 24.5 Å². The van der Waals surface area contributed by atoms with Gasteiger partial charge in [0.05, 0.1) is 12.5 Å². The maximum absolute atomic E-state index is 11.8. The Morgan fingerprint density at radius 3 is 2.57 bits per heavy atom. The van der Waals surface area contributed by atoms with E-state index in [-0.39, 0.29) is 12.3 Å². The molecule has 6 nitrogen and oxygen atoms in total. The summed E-state index contributed by atoms with van der Waals surface area (Å²) in [4.78, 5) is 19.9. The van der Waals surface area contributed by atoms with Gasteiger partial charge in [-0.1, -0.05) is 23.7 Å². The minimum absolute atomic E-state index is 0.0247. The van der Waals surface area contributed by atoms with E-state index in [0.717, 1.165) is 6.42 Å². The van der Waals surface area contributed by atoms with Crippen molar-refractivity contribution in [3.63, 3.8) is 0 Å². The summed E-state index contributed by atoms with van der Waals surface area (Å²) in [5, 5.41) is 16.4. The summed E-state index contributed by atoms with van der Waals surface area (Å²) >= 11 is 5.79. The van der Waals surface area contributed by atoms with Crippen molar-refractivity contribution in [2.24, 2.45) is 0 Å². The van der Waals surface area contributed by atoms with Gasteiger partial charge in [-0.25, -0.2) is 9.97 Å². The normalized spacial score (nSPS) is 11.7. The number of aromatic nitrogens is 2. The average Bonchev–Trinajstić information content (AvgIpc) is 2.56. The first kappa shape index (κ1) is 17.2. The van der Waals surface area contributed by atoms with Crippen LogP contribution in [0.3, 0.4) is 0 Å². The van der Waals surface area contributed by atoms with E-state index in [1.54, 1.807) is 42.7 Å². The molecule has 1 unspecified atom stereocenters. The average molecular weight is 335 g/mol. The number of hydrogen-bond acceptors (Lipinski definition) is 5. The van der Waals surface area contributed by atoms with Crippen molar-refractivity contribution in [1.82, 2.24) is 15.3 Å². The van der Waals surface area contributed by atoms with Gasteiger partial charge in [0.25, 0.3) is 0 Å².